The summed E-state index contributed by atoms with van der Waals surface area (Å²) >= 11 is 4.23. The summed E-state index contributed by atoms with van der Waals surface area (Å²) in [6, 6.07) is 14.2. The number of nitriles is 1. The quantitative estimate of drug-likeness (QED) is 0.831. The van der Waals surface area contributed by atoms with Crippen molar-refractivity contribution >= 4 is 12.6 Å². The number of aliphatic hydroxyl groups is 1. The van der Waals surface area contributed by atoms with Crippen LogP contribution in [0.4, 0.5) is 0 Å². The Morgan fingerprint density at radius 3 is 2.39 bits per heavy atom. The molecule has 0 saturated heterocycles. The Kier molecular flexibility index (Phi) is 3.88. The highest BCUT2D eigenvalue weighted by Gasteiger charge is 2.02. The normalized spacial score (nSPS) is 9.83. The molecule has 0 amide bonds. The molecule has 0 radical (unpaired) electrons. The summed E-state index contributed by atoms with van der Waals surface area (Å²) in [5.74, 6) is 1.27. The Morgan fingerprint density at radius 1 is 1.11 bits per heavy atom. The molecule has 0 heterocycles. The predicted molar refractivity (Wildman–Crippen MR) is 70.8 cm³/mol. The second-order valence-corrected chi connectivity index (χ2v) is 4.17. The van der Waals surface area contributed by atoms with Gasteiger partial charge >= 0.3 is 0 Å². The van der Waals surface area contributed by atoms with Crippen LogP contribution in [0.25, 0.3) is 0 Å². The van der Waals surface area contributed by atoms with Crippen LogP contribution in [0.1, 0.15) is 11.1 Å². The second kappa shape index (κ2) is 5.58. The third-order valence-corrected chi connectivity index (χ3v) is 2.88. The molecular weight excluding hydrogens is 246 g/mol. The molecule has 18 heavy (non-hydrogen) atoms. The Bertz CT molecular complexity index is 588. The van der Waals surface area contributed by atoms with Gasteiger partial charge in [-0.1, -0.05) is 0 Å². The zero-order valence-corrected chi connectivity index (χ0v) is 10.4. The molecule has 0 spiro atoms. The highest BCUT2D eigenvalue weighted by atomic mass is 32.1. The van der Waals surface area contributed by atoms with Crippen LogP contribution < -0.4 is 4.74 Å². The van der Waals surface area contributed by atoms with Crippen LogP contribution in [0, 0.1) is 11.3 Å². The first-order chi connectivity index (χ1) is 8.72. The average molecular weight is 257 g/mol. The minimum absolute atomic E-state index is 0.0800. The molecule has 0 aliphatic rings. The van der Waals surface area contributed by atoms with Crippen LogP contribution in [0.3, 0.4) is 0 Å². The van der Waals surface area contributed by atoms with Gasteiger partial charge in [0.1, 0.15) is 11.5 Å². The molecule has 4 heteroatoms. The van der Waals surface area contributed by atoms with Gasteiger partial charge in [-0.05, 0) is 48.0 Å². The number of ether oxygens (including phenoxy) is 1. The summed E-state index contributed by atoms with van der Waals surface area (Å²) in [5, 5.41) is 17.8. The lowest BCUT2D eigenvalue weighted by molar-refractivity contribution is 0.278. The maximum Gasteiger partial charge on any atom is 0.127 e. The Labute approximate surface area is 111 Å². The van der Waals surface area contributed by atoms with E-state index in [9.17, 15) is 0 Å². The summed E-state index contributed by atoms with van der Waals surface area (Å²) in [5.41, 5.74) is 1.30. The molecule has 0 bridgehead atoms. The molecule has 2 aromatic carbocycles. The van der Waals surface area contributed by atoms with Gasteiger partial charge in [0.15, 0.2) is 0 Å². The largest absolute Gasteiger partial charge is 0.457 e. The number of benzene rings is 2. The fourth-order valence-corrected chi connectivity index (χ4v) is 1.70. The van der Waals surface area contributed by atoms with Crippen molar-refractivity contribution in [1.29, 1.82) is 5.26 Å². The molecule has 0 unspecified atom stereocenters. The lowest BCUT2D eigenvalue weighted by atomic mass is 10.2. The lowest BCUT2D eigenvalue weighted by Gasteiger charge is -2.08. The summed E-state index contributed by atoms with van der Waals surface area (Å²) < 4.78 is 5.62. The highest BCUT2D eigenvalue weighted by Crippen LogP contribution is 2.25. The first kappa shape index (κ1) is 12.5. The van der Waals surface area contributed by atoms with Gasteiger partial charge in [-0.2, -0.15) is 5.26 Å². The van der Waals surface area contributed by atoms with Crippen LogP contribution in [0.2, 0.25) is 0 Å². The number of nitrogens with zero attached hydrogens (tertiary/aromatic N) is 1. The van der Waals surface area contributed by atoms with E-state index in [1.165, 1.54) is 0 Å². The summed E-state index contributed by atoms with van der Waals surface area (Å²) in [6.45, 7) is -0.0800. The molecule has 0 fully saturated rings. The van der Waals surface area contributed by atoms with Crippen LogP contribution in [-0.4, -0.2) is 5.11 Å². The molecule has 2 rings (SSSR count). The molecule has 3 nitrogen and oxygen atoms in total. The number of thiol groups is 1. The zero-order chi connectivity index (χ0) is 13.0. The van der Waals surface area contributed by atoms with Crippen LogP contribution >= 0.6 is 12.6 Å². The Morgan fingerprint density at radius 2 is 1.78 bits per heavy atom. The van der Waals surface area contributed by atoms with Crippen molar-refractivity contribution in [2.45, 2.75) is 11.5 Å². The maximum atomic E-state index is 9.14. The summed E-state index contributed by atoms with van der Waals surface area (Å²) in [4.78, 5) is 0.727. The minimum atomic E-state index is -0.0800. The number of aliphatic hydroxyl groups excluding tert-OH is 1. The first-order valence-electron chi connectivity index (χ1n) is 5.33. The van der Waals surface area contributed by atoms with E-state index in [0.717, 1.165) is 4.90 Å². The molecule has 0 aliphatic carbocycles. The number of hydrogen-bond acceptors (Lipinski definition) is 4. The number of hydrogen-bond donors (Lipinski definition) is 2. The van der Waals surface area contributed by atoms with Crippen molar-refractivity contribution in [3.05, 3.63) is 53.6 Å². The van der Waals surface area contributed by atoms with Gasteiger partial charge < -0.3 is 9.84 Å². The lowest BCUT2D eigenvalue weighted by Crippen LogP contribution is -1.89. The van der Waals surface area contributed by atoms with Gasteiger partial charge in [0.05, 0.1) is 18.2 Å². The molecule has 0 aromatic heterocycles. The topological polar surface area (TPSA) is 53.2 Å². The second-order valence-electron chi connectivity index (χ2n) is 3.69. The van der Waals surface area contributed by atoms with Crippen molar-refractivity contribution in [2.75, 3.05) is 0 Å². The predicted octanol–water partition coefficient (Wildman–Crippen LogP) is 3.13. The maximum absolute atomic E-state index is 9.14. The van der Waals surface area contributed by atoms with E-state index in [1.54, 1.807) is 42.5 Å². The van der Waals surface area contributed by atoms with Gasteiger partial charge in [0.2, 0.25) is 0 Å². The van der Waals surface area contributed by atoms with Crippen molar-refractivity contribution in [2.24, 2.45) is 0 Å². The molecule has 0 aliphatic heterocycles. The van der Waals surface area contributed by atoms with Crippen molar-refractivity contribution in [3.63, 3.8) is 0 Å². The molecule has 0 atom stereocenters. The minimum Gasteiger partial charge on any atom is -0.457 e. The van der Waals surface area contributed by atoms with Gasteiger partial charge in [0.25, 0.3) is 0 Å². The summed E-state index contributed by atoms with van der Waals surface area (Å²) in [6.07, 6.45) is 0. The van der Waals surface area contributed by atoms with Gasteiger partial charge in [-0.3, -0.25) is 0 Å². The molecular formula is C14H11NO2S. The Balaban J connectivity index is 2.20. The van der Waals surface area contributed by atoms with Crippen molar-refractivity contribution in [1.82, 2.24) is 0 Å². The van der Waals surface area contributed by atoms with E-state index in [1.807, 2.05) is 6.07 Å². The van der Waals surface area contributed by atoms with Gasteiger partial charge in [0, 0.05) is 4.90 Å². The molecule has 90 valence electrons. The molecule has 2 aromatic rings. The Hall–Kier alpha value is -1.96. The van der Waals surface area contributed by atoms with Crippen molar-refractivity contribution in [3.8, 4) is 17.6 Å². The van der Waals surface area contributed by atoms with Crippen LogP contribution in [-0.2, 0) is 6.61 Å². The van der Waals surface area contributed by atoms with E-state index in [2.05, 4.69) is 12.6 Å². The fourth-order valence-electron chi connectivity index (χ4n) is 1.49. The van der Waals surface area contributed by atoms with E-state index < -0.39 is 0 Å². The number of rotatable bonds is 3. The summed E-state index contributed by atoms with van der Waals surface area (Å²) in [7, 11) is 0. The third-order valence-electron chi connectivity index (χ3n) is 2.44. The third kappa shape index (κ3) is 2.83. The monoisotopic (exact) mass is 257 g/mol. The van der Waals surface area contributed by atoms with Crippen LogP contribution in [0.15, 0.2) is 47.4 Å². The van der Waals surface area contributed by atoms with Crippen LogP contribution in [0.5, 0.6) is 11.5 Å². The SMILES string of the molecule is N#Cc1ccc(Oc2ccc(S)c(CO)c2)cc1. The zero-order valence-electron chi connectivity index (χ0n) is 9.50. The first-order valence-corrected chi connectivity index (χ1v) is 5.78. The van der Waals surface area contributed by atoms with Gasteiger partial charge in [-0.25, -0.2) is 0 Å². The molecule has 0 saturated carbocycles. The van der Waals surface area contributed by atoms with E-state index in [4.69, 9.17) is 15.1 Å². The smallest absolute Gasteiger partial charge is 0.127 e. The average Bonchev–Trinajstić information content (AvgIpc) is 2.42. The van der Waals surface area contributed by atoms with E-state index in [-0.39, 0.29) is 6.61 Å². The van der Waals surface area contributed by atoms with E-state index in [0.29, 0.717) is 22.6 Å². The van der Waals surface area contributed by atoms with Crippen molar-refractivity contribution < 1.29 is 9.84 Å². The van der Waals surface area contributed by atoms with Gasteiger partial charge in [-0.15, -0.1) is 12.6 Å². The fraction of sp³-hybridized carbons (Fsp3) is 0.0714. The highest BCUT2D eigenvalue weighted by molar-refractivity contribution is 7.80. The van der Waals surface area contributed by atoms with E-state index >= 15 is 0 Å². The standard InChI is InChI=1S/C14H11NO2S/c15-8-10-1-3-12(4-2-10)17-13-5-6-14(18)11(7-13)9-16/h1-7,16,18H,9H2. The molecule has 1 N–H and O–H groups in total.